The number of amides is 3. The lowest BCUT2D eigenvalue weighted by Gasteiger charge is -2.33. The first-order valence-electron chi connectivity index (χ1n) is 14.1. The average molecular weight is 623 g/mol. The predicted octanol–water partition coefficient (Wildman–Crippen LogP) is 3.00. The molecule has 1 aromatic heterocycles. The first-order chi connectivity index (χ1) is 21.4. The number of nitriles is 1. The van der Waals surface area contributed by atoms with Crippen molar-refractivity contribution in [1.82, 2.24) is 30.2 Å². The SMILES string of the molecule is CN/C(=C(\C(=O)Nc1cccc(C(F)(F)F)c1)C(=O)NC1CCN(C(=O)CN(C)C)CC1)c1ccnn1-c1ccc(C#N)cc1. The first kappa shape index (κ1) is 32.7. The lowest BCUT2D eigenvalue weighted by atomic mass is 10.0. The van der Waals surface area contributed by atoms with E-state index in [1.807, 2.05) is 6.07 Å². The number of halogens is 3. The van der Waals surface area contributed by atoms with Gasteiger partial charge in [0.2, 0.25) is 5.91 Å². The van der Waals surface area contributed by atoms with E-state index < -0.39 is 23.6 Å². The van der Waals surface area contributed by atoms with E-state index in [0.29, 0.717) is 42.9 Å². The molecular formula is C31H33F3N8O3. The second-order valence-electron chi connectivity index (χ2n) is 10.7. The number of alkyl halides is 3. The number of piperidine rings is 1. The van der Waals surface area contributed by atoms with Gasteiger partial charge in [0.05, 0.1) is 47.0 Å². The van der Waals surface area contributed by atoms with Crippen LogP contribution in [0.5, 0.6) is 0 Å². The highest BCUT2D eigenvalue weighted by molar-refractivity contribution is 6.27. The largest absolute Gasteiger partial charge is 0.416 e. The summed E-state index contributed by atoms with van der Waals surface area (Å²) >= 11 is 0. The summed E-state index contributed by atoms with van der Waals surface area (Å²) in [7, 11) is 5.11. The highest BCUT2D eigenvalue weighted by Crippen LogP contribution is 2.31. The van der Waals surface area contributed by atoms with Crippen LogP contribution in [0.3, 0.4) is 0 Å². The monoisotopic (exact) mass is 622 g/mol. The fourth-order valence-electron chi connectivity index (χ4n) is 4.96. The third-order valence-corrected chi connectivity index (χ3v) is 7.18. The van der Waals surface area contributed by atoms with Gasteiger partial charge in [0.15, 0.2) is 0 Å². The van der Waals surface area contributed by atoms with Crippen molar-refractivity contribution in [2.45, 2.75) is 25.1 Å². The zero-order chi connectivity index (χ0) is 32.7. The molecule has 4 rings (SSSR count). The molecule has 1 saturated heterocycles. The molecule has 1 aliphatic heterocycles. The van der Waals surface area contributed by atoms with Crippen molar-refractivity contribution in [3.63, 3.8) is 0 Å². The van der Waals surface area contributed by atoms with Crippen LogP contribution in [0.2, 0.25) is 0 Å². The molecule has 3 aromatic rings. The van der Waals surface area contributed by atoms with Gasteiger partial charge in [-0.05, 0) is 75.5 Å². The molecule has 45 heavy (non-hydrogen) atoms. The van der Waals surface area contributed by atoms with Crippen LogP contribution >= 0.6 is 0 Å². The maximum absolute atomic E-state index is 13.9. The average Bonchev–Trinajstić information content (AvgIpc) is 3.49. The smallest absolute Gasteiger partial charge is 0.386 e. The summed E-state index contributed by atoms with van der Waals surface area (Å²) in [6.07, 6.45) is -2.27. The summed E-state index contributed by atoms with van der Waals surface area (Å²) in [5, 5.41) is 21.7. The summed E-state index contributed by atoms with van der Waals surface area (Å²) in [5.41, 5.74) is -0.145. The number of hydrogen-bond donors (Lipinski definition) is 3. The molecule has 11 nitrogen and oxygen atoms in total. The molecule has 0 unspecified atom stereocenters. The first-order valence-corrected chi connectivity index (χ1v) is 14.1. The topological polar surface area (TPSA) is 135 Å². The van der Waals surface area contributed by atoms with E-state index in [1.165, 1.54) is 24.0 Å². The van der Waals surface area contributed by atoms with Gasteiger partial charge in [0.1, 0.15) is 5.57 Å². The Morgan fingerprint density at radius 2 is 1.73 bits per heavy atom. The van der Waals surface area contributed by atoms with Crippen molar-refractivity contribution in [2.24, 2.45) is 0 Å². The van der Waals surface area contributed by atoms with Gasteiger partial charge in [0, 0.05) is 31.9 Å². The fraction of sp³-hybridized carbons (Fsp3) is 0.323. The number of aromatic nitrogens is 2. The molecule has 0 aliphatic carbocycles. The van der Waals surface area contributed by atoms with Crippen LogP contribution in [-0.4, -0.2) is 84.1 Å². The van der Waals surface area contributed by atoms with Crippen LogP contribution in [0.1, 0.15) is 29.7 Å². The Balaban J connectivity index is 1.68. The molecule has 0 atom stereocenters. The van der Waals surface area contributed by atoms with Crippen LogP contribution in [0, 0.1) is 11.3 Å². The Kier molecular flexibility index (Phi) is 10.2. The molecule has 0 saturated carbocycles. The third-order valence-electron chi connectivity index (χ3n) is 7.18. The minimum Gasteiger partial charge on any atom is -0.386 e. The summed E-state index contributed by atoms with van der Waals surface area (Å²) in [5.74, 6) is -1.73. The minimum atomic E-state index is -4.64. The minimum absolute atomic E-state index is 0.0284. The fourth-order valence-corrected chi connectivity index (χ4v) is 4.96. The zero-order valence-corrected chi connectivity index (χ0v) is 25.0. The highest BCUT2D eigenvalue weighted by Gasteiger charge is 2.32. The van der Waals surface area contributed by atoms with Crippen LogP contribution in [0.4, 0.5) is 18.9 Å². The van der Waals surface area contributed by atoms with Gasteiger partial charge in [-0.2, -0.15) is 23.5 Å². The van der Waals surface area contributed by atoms with Crippen molar-refractivity contribution < 1.29 is 27.6 Å². The van der Waals surface area contributed by atoms with E-state index in [-0.39, 0.29) is 35.5 Å². The van der Waals surface area contributed by atoms with Gasteiger partial charge in [-0.15, -0.1) is 0 Å². The highest BCUT2D eigenvalue weighted by atomic mass is 19.4. The van der Waals surface area contributed by atoms with Gasteiger partial charge in [-0.1, -0.05) is 6.07 Å². The molecule has 2 aromatic carbocycles. The van der Waals surface area contributed by atoms with Gasteiger partial charge >= 0.3 is 6.18 Å². The number of hydrogen-bond acceptors (Lipinski definition) is 7. The Morgan fingerprint density at radius 1 is 1.04 bits per heavy atom. The zero-order valence-electron chi connectivity index (χ0n) is 25.0. The number of carbonyl (C=O) groups excluding carboxylic acids is 3. The molecule has 1 aliphatic rings. The second-order valence-corrected chi connectivity index (χ2v) is 10.7. The summed E-state index contributed by atoms with van der Waals surface area (Å²) in [6, 6.07) is 13.8. The molecule has 0 spiro atoms. The van der Waals surface area contributed by atoms with Crippen LogP contribution in [-0.2, 0) is 20.6 Å². The molecule has 2 heterocycles. The number of likely N-dealkylation sites (N-methyl/N-ethyl adjacent to an activating group) is 1. The lowest BCUT2D eigenvalue weighted by molar-refractivity contribution is -0.137. The number of carbonyl (C=O) groups is 3. The Morgan fingerprint density at radius 3 is 2.33 bits per heavy atom. The van der Waals surface area contributed by atoms with Crippen molar-refractivity contribution in [3.05, 3.63) is 83.2 Å². The van der Waals surface area contributed by atoms with Crippen molar-refractivity contribution in [2.75, 3.05) is 46.1 Å². The van der Waals surface area contributed by atoms with Crippen LogP contribution in [0.15, 0.2) is 66.4 Å². The molecular weight excluding hydrogens is 589 g/mol. The summed E-state index contributed by atoms with van der Waals surface area (Å²) < 4.78 is 41.6. The maximum Gasteiger partial charge on any atom is 0.416 e. The molecule has 0 radical (unpaired) electrons. The van der Waals surface area contributed by atoms with Gasteiger partial charge in [-0.25, -0.2) is 4.68 Å². The van der Waals surface area contributed by atoms with E-state index in [1.54, 1.807) is 54.2 Å². The number of benzene rings is 2. The normalized spacial score (nSPS) is 14.4. The molecule has 236 valence electrons. The quantitative estimate of drug-likeness (QED) is 0.190. The Bertz CT molecular complexity index is 1620. The van der Waals surface area contributed by atoms with Gasteiger partial charge < -0.3 is 25.8 Å². The predicted molar refractivity (Wildman–Crippen MR) is 161 cm³/mol. The number of anilines is 1. The van der Waals surface area contributed by atoms with Crippen LogP contribution < -0.4 is 16.0 Å². The lowest BCUT2D eigenvalue weighted by Crippen LogP contribution is -2.49. The van der Waals surface area contributed by atoms with E-state index >= 15 is 0 Å². The molecule has 0 bridgehead atoms. The van der Waals surface area contributed by atoms with Gasteiger partial charge in [-0.3, -0.25) is 14.4 Å². The van der Waals surface area contributed by atoms with Crippen molar-refractivity contribution in [1.29, 1.82) is 5.26 Å². The number of rotatable bonds is 9. The van der Waals surface area contributed by atoms with E-state index in [4.69, 9.17) is 5.26 Å². The third kappa shape index (κ3) is 8.07. The molecule has 3 amide bonds. The van der Waals surface area contributed by atoms with E-state index in [2.05, 4.69) is 21.0 Å². The standard InChI is InChI=1S/C31H33F3N8O3/c1-36-28(25-11-14-37-42(25)24-9-7-20(18-35)8-10-24)27(30(45)39-23-6-4-5-21(17-23)31(32,33)34)29(44)38-22-12-15-41(16-13-22)26(43)19-40(2)3/h4-11,14,17,22,36H,12-13,15-16,19H2,1-3H3,(H,38,44)(H,39,45)/b28-27-. The van der Waals surface area contributed by atoms with E-state index in [9.17, 15) is 27.6 Å². The summed E-state index contributed by atoms with van der Waals surface area (Å²) in [4.78, 5) is 43.6. The second kappa shape index (κ2) is 14.1. The number of likely N-dealkylation sites (tertiary alicyclic amines) is 1. The maximum atomic E-state index is 13.9. The Labute approximate surface area is 258 Å². The molecule has 1 fully saturated rings. The van der Waals surface area contributed by atoms with Crippen LogP contribution in [0.25, 0.3) is 11.4 Å². The Hall–Kier alpha value is -5.16. The van der Waals surface area contributed by atoms with Crippen molar-refractivity contribution >= 4 is 29.1 Å². The van der Waals surface area contributed by atoms with Gasteiger partial charge in [0.25, 0.3) is 11.8 Å². The summed E-state index contributed by atoms with van der Waals surface area (Å²) in [6.45, 7) is 1.09. The number of nitrogens with zero attached hydrogens (tertiary/aromatic N) is 5. The van der Waals surface area contributed by atoms with E-state index in [0.717, 1.165) is 18.2 Å². The van der Waals surface area contributed by atoms with Crippen molar-refractivity contribution in [3.8, 4) is 11.8 Å². The molecule has 3 N–H and O–H groups in total. The molecule has 14 heteroatoms. The number of nitrogens with one attached hydrogen (secondary N) is 3.